The second kappa shape index (κ2) is 10.5. The maximum Gasteiger partial charge on any atom is 0.275 e. The molecular formula is C22H30ClN3O2+2. The molecule has 0 radical (unpaired) electrons. The molecule has 1 aliphatic heterocycles. The van der Waals surface area contributed by atoms with E-state index in [2.05, 4.69) is 5.32 Å². The molecule has 150 valence electrons. The molecular weight excluding hydrogens is 374 g/mol. The Morgan fingerprint density at radius 1 is 1.04 bits per heavy atom. The lowest BCUT2D eigenvalue weighted by atomic mass is 10.1. The van der Waals surface area contributed by atoms with Gasteiger partial charge in [-0.2, -0.15) is 0 Å². The van der Waals surface area contributed by atoms with Gasteiger partial charge < -0.3 is 19.9 Å². The molecule has 5 nitrogen and oxygen atoms in total. The minimum absolute atomic E-state index is 0.00813. The molecule has 0 aromatic heterocycles. The summed E-state index contributed by atoms with van der Waals surface area (Å²) in [6, 6.07) is 17.6. The molecule has 1 amide bonds. The number of amides is 1. The van der Waals surface area contributed by atoms with Crippen LogP contribution < -0.4 is 19.9 Å². The maximum absolute atomic E-state index is 12.4. The summed E-state index contributed by atoms with van der Waals surface area (Å²) in [6.45, 7) is 8.46. The van der Waals surface area contributed by atoms with Crippen molar-refractivity contribution in [3.8, 4) is 5.75 Å². The number of ether oxygens (including phenoxy) is 1. The van der Waals surface area contributed by atoms with E-state index in [1.165, 1.54) is 4.90 Å². The fourth-order valence-electron chi connectivity index (χ4n) is 3.57. The van der Waals surface area contributed by atoms with E-state index >= 15 is 0 Å². The summed E-state index contributed by atoms with van der Waals surface area (Å²) < 4.78 is 5.79. The highest BCUT2D eigenvalue weighted by Crippen LogP contribution is 2.15. The Bertz CT molecular complexity index is 731. The van der Waals surface area contributed by atoms with Crippen molar-refractivity contribution >= 4 is 17.5 Å². The number of nitrogens with one attached hydrogen (secondary N) is 3. The van der Waals surface area contributed by atoms with Gasteiger partial charge in [-0.1, -0.05) is 41.9 Å². The molecule has 6 heteroatoms. The molecule has 1 saturated heterocycles. The number of piperazine rings is 1. The van der Waals surface area contributed by atoms with Gasteiger partial charge in [0.1, 0.15) is 45.1 Å². The lowest BCUT2D eigenvalue weighted by Crippen LogP contribution is -3.28. The van der Waals surface area contributed by atoms with Crippen LogP contribution in [0.3, 0.4) is 0 Å². The van der Waals surface area contributed by atoms with Gasteiger partial charge >= 0.3 is 0 Å². The molecule has 2 aromatic carbocycles. The molecule has 1 aliphatic rings. The number of hydrogen-bond donors (Lipinski definition) is 3. The van der Waals surface area contributed by atoms with Gasteiger partial charge in [-0.15, -0.1) is 0 Å². The first-order chi connectivity index (χ1) is 13.6. The van der Waals surface area contributed by atoms with Crippen molar-refractivity contribution in [1.29, 1.82) is 0 Å². The monoisotopic (exact) mass is 403 g/mol. The van der Waals surface area contributed by atoms with Gasteiger partial charge in [0.2, 0.25) is 0 Å². The van der Waals surface area contributed by atoms with Crippen molar-refractivity contribution in [2.45, 2.75) is 13.0 Å². The van der Waals surface area contributed by atoms with Crippen LogP contribution in [0.15, 0.2) is 54.6 Å². The quantitative estimate of drug-likeness (QED) is 0.597. The molecule has 28 heavy (non-hydrogen) atoms. The van der Waals surface area contributed by atoms with E-state index in [1.807, 2.05) is 61.5 Å². The fraction of sp³-hybridized carbons (Fsp3) is 0.409. The van der Waals surface area contributed by atoms with Gasteiger partial charge in [0.25, 0.3) is 5.91 Å². The van der Waals surface area contributed by atoms with Crippen molar-refractivity contribution in [2.75, 3.05) is 45.9 Å². The molecule has 1 heterocycles. The van der Waals surface area contributed by atoms with Crippen LogP contribution in [-0.2, 0) is 4.79 Å². The molecule has 3 N–H and O–H groups in total. The van der Waals surface area contributed by atoms with E-state index in [4.69, 9.17) is 16.3 Å². The van der Waals surface area contributed by atoms with Crippen LogP contribution in [0.5, 0.6) is 5.75 Å². The van der Waals surface area contributed by atoms with Crippen molar-refractivity contribution in [3.05, 3.63) is 65.2 Å². The van der Waals surface area contributed by atoms with Crippen LogP contribution in [0.25, 0.3) is 0 Å². The molecule has 0 unspecified atom stereocenters. The van der Waals surface area contributed by atoms with Crippen molar-refractivity contribution in [3.63, 3.8) is 0 Å². The zero-order valence-electron chi connectivity index (χ0n) is 16.4. The number of para-hydroxylation sites is 1. The Kier molecular flexibility index (Phi) is 7.71. The first-order valence-electron chi connectivity index (χ1n) is 10.00. The van der Waals surface area contributed by atoms with Gasteiger partial charge in [0, 0.05) is 5.02 Å². The summed E-state index contributed by atoms with van der Waals surface area (Å²) in [5.41, 5.74) is 1.07. The third kappa shape index (κ3) is 6.51. The zero-order valence-corrected chi connectivity index (χ0v) is 17.2. The van der Waals surface area contributed by atoms with Gasteiger partial charge in [-0.25, -0.2) is 0 Å². The molecule has 2 aromatic rings. The van der Waals surface area contributed by atoms with Crippen LogP contribution in [0.4, 0.5) is 0 Å². The number of rotatable bonds is 8. The Labute approximate surface area is 172 Å². The first kappa shape index (κ1) is 20.6. The second-order valence-electron chi connectivity index (χ2n) is 7.43. The first-order valence-corrected chi connectivity index (χ1v) is 10.4. The lowest BCUT2D eigenvalue weighted by Gasteiger charge is -2.29. The minimum Gasteiger partial charge on any atom is -0.488 e. The van der Waals surface area contributed by atoms with Crippen LogP contribution in [0.1, 0.15) is 18.5 Å². The molecule has 1 atom stereocenters. The van der Waals surface area contributed by atoms with E-state index in [0.29, 0.717) is 11.6 Å². The van der Waals surface area contributed by atoms with Crippen molar-refractivity contribution in [2.24, 2.45) is 0 Å². The average Bonchev–Trinajstić information content (AvgIpc) is 2.70. The zero-order chi connectivity index (χ0) is 19.8. The highest BCUT2D eigenvalue weighted by Gasteiger charge is 2.25. The van der Waals surface area contributed by atoms with Gasteiger partial charge in [0.15, 0.2) is 6.54 Å². The Morgan fingerprint density at radius 3 is 2.36 bits per heavy atom. The molecule has 3 rings (SSSR count). The van der Waals surface area contributed by atoms with Crippen LogP contribution in [-0.4, -0.2) is 51.8 Å². The van der Waals surface area contributed by atoms with Gasteiger partial charge in [0.05, 0.1) is 6.04 Å². The molecule has 1 fully saturated rings. The second-order valence-corrected chi connectivity index (χ2v) is 7.87. The van der Waals surface area contributed by atoms with Crippen LogP contribution in [0.2, 0.25) is 5.02 Å². The van der Waals surface area contributed by atoms with E-state index in [0.717, 1.165) is 50.6 Å². The Hall–Kier alpha value is -2.08. The number of carbonyl (C=O) groups is 1. The average molecular weight is 404 g/mol. The van der Waals surface area contributed by atoms with E-state index in [-0.39, 0.29) is 11.9 Å². The third-order valence-corrected chi connectivity index (χ3v) is 5.54. The summed E-state index contributed by atoms with van der Waals surface area (Å²) in [7, 11) is 0. The number of halogens is 1. The smallest absolute Gasteiger partial charge is 0.275 e. The predicted molar refractivity (Wildman–Crippen MR) is 111 cm³/mol. The van der Waals surface area contributed by atoms with E-state index in [9.17, 15) is 4.79 Å². The van der Waals surface area contributed by atoms with Crippen molar-refractivity contribution in [1.82, 2.24) is 5.32 Å². The molecule has 0 spiro atoms. The highest BCUT2D eigenvalue weighted by atomic mass is 35.5. The number of carbonyl (C=O) groups excluding carboxylic acids is 1. The summed E-state index contributed by atoms with van der Waals surface area (Å²) in [4.78, 5) is 15.3. The summed E-state index contributed by atoms with van der Waals surface area (Å²) in [5, 5.41) is 3.81. The lowest BCUT2D eigenvalue weighted by molar-refractivity contribution is -1.01. The molecule has 0 aliphatic carbocycles. The van der Waals surface area contributed by atoms with Crippen LogP contribution in [0, 0.1) is 0 Å². The van der Waals surface area contributed by atoms with Crippen molar-refractivity contribution < 1.29 is 19.3 Å². The number of hydrogen-bond acceptors (Lipinski definition) is 2. The van der Waals surface area contributed by atoms with Gasteiger partial charge in [-0.3, -0.25) is 4.79 Å². The van der Waals surface area contributed by atoms with E-state index < -0.39 is 0 Å². The molecule has 0 bridgehead atoms. The van der Waals surface area contributed by atoms with E-state index in [1.54, 1.807) is 4.90 Å². The molecule has 0 saturated carbocycles. The Morgan fingerprint density at radius 2 is 1.68 bits per heavy atom. The number of quaternary nitrogens is 2. The maximum atomic E-state index is 12.4. The highest BCUT2D eigenvalue weighted by molar-refractivity contribution is 6.30. The van der Waals surface area contributed by atoms with Crippen LogP contribution >= 0.6 is 11.6 Å². The third-order valence-electron chi connectivity index (χ3n) is 5.29. The topological polar surface area (TPSA) is 47.2 Å². The standard InChI is InChI=1S/C22H28ClN3O2/c1-18(19-7-9-20(23)10-8-19)24-22(27)17-26-13-11-25(12-14-26)15-16-28-21-5-3-2-4-6-21/h2-10,18H,11-17H2,1H3,(H,24,27)/p+2/t18-/m0/s1. The predicted octanol–water partition coefficient (Wildman–Crippen LogP) is 0.380. The number of benzene rings is 2. The summed E-state index contributed by atoms with van der Waals surface area (Å²) in [6.07, 6.45) is 0. The minimum atomic E-state index is -0.00813. The fourth-order valence-corrected chi connectivity index (χ4v) is 3.69. The largest absolute Gasteiger partial charge is 0.488 e. The summed E-state index contributed by atoms with van der Waals surface area (Å²) >= 11 is 5.93. The Balaban J connectivity index is 1.33. The normalized spacial score (nSPS) is 20.4. The SMILES string of the molecule is C[C@H](NC(=O)C[NH+]1CC[NH+](CCOc2ccccc2)CC1)c1ccc(Cl)cc1. The summed E-state index contributed by atoms with van der Waals surface area (Å²) in [5.74, 6) is 1.03. The van der Waals surface area contributed by atoms with Gasteiger partial charge in [-0.05, 0) is 36.8 Å².